The standard InChI is InChI=1S/C9H7ClN4O/c10-7-1-2-8(12-3-7)9(15)4-14-6-11-5-13-14/h1-3,5-6H,4H2. The highest BCUT2D eigenvalue weighted by Gasteiger charge is 2.08. The number of hydrogen-bond donors (Lipinski definition) is 0. The van der Waals surface area contributed by atoms with Crippen LogP contribution in [0.15, 0.2) is 31.0 Å². The van der Waals surface area contributed by atoms with E-state index < -0.39 is 0 Å². The summed E-state index contributed by atoms with van der Waals surface area (Å²) in [5.74, 6) is -0.128. The summed E-state index contributed by atoms with van der Waals surface area (Å²) in [5.41, 5.74) is 0.370. The average molecular weight is 223 g/mol. The van der Waals surface area contributed by atoms with Gasteiger partial charge in [-0.3, -0.25) is 9.78 Å². The van der Waals surface area contributed by atoms with Crippen LogP contribution < -0.4 is 0 Å². The Bertz CT molecular complexity index is 451. The van der Waals surface area contributed by atoms with E-state index in [-0.39, 0.29) is 12.3 Å². The number of carbonyl (C=O) groups is 1. The largest absolute Gasteiger partial charge is 0.290 e. The molecular formula is C9H7ClN4O. The van der Waals surface area contributed by atoms with Crippen molar-refractivity contribution in [1.82, 2.24) is 19.7 Å². The number of aromatic nitrogens is 4. The molecule has 0 aliphatic carbocycles. The van der Waals surface area contributed by atoms with E-state index in [1.807, 2.05) is 0 Å². The Balaban J connectivity index is 2.11. The van der Waals surface area contributed by atoms with Crippen molar-refractivity contribution in [2.45, 2.75) is 6.54 Å². The molecule has 0 bridgehead atoms. The molecule has 6 heteroatoms. The summed E-state index contributed by atoms with van der Waals surface area (Å²) in [6, 6.07) is 3.21. The summed E-state index contributed by atoms with van der Waals surface area (Å²) in [6.45, 7) is 0.134. The van der Waals surface area contributed by atoms with Gasteiger partial charge in [-0.05, 0) is 12.1 Å². The van der Waals surface area contributed by atoms with Crippen molar-refractivity contribution < 1.29 is 4.79 Å². The molecule has 2 rings (SSSR count). The van der Waals surface area contributed by atoms with Crippen LogP contribution in [-0.4, -0.2) is 25.5 Å². The molecule has 0 radical (unpaired) electrons. The summed E-state index contributed by atoms with van der Waals surface area (Å²) in [5, 5.41) is 4.34. The zero-order valence-electron chi connectivity index (χ0n) is 7.67. The molecule has 15 heavy (non-hydrogen) atoms. The molecule has 0 unspecified atom stereocenters. The van der Waals surface area contributed by atoms with Gasteiger partial charge in [0.05, 0.1) is 5.02 Å². The van der Waals surface area contributed by atoms with Crippen molar-refractivity contribution in [3.05, 3.63) is 41.7 Å². The van der Waals surface area contributed by atoms with Crippen molar-refractivity contribution in [2.75, 3.05) is 0 Å². The van der Waals surface area contributed by atoms with Crippen LogP contribution in [0.25, 0.3) is 0 Å². The first-order chi connectivity index (χ1) is 7.25. The predicted molar refractivity (Wildman–Crippen MR) is 53.6 cm³/mol. The van der Waals surface area contributed by atoms with E-state index in [2.05, 4.69) is 15.1 Å². The maximum atomic E-state index is 11.6. The van der Waals surface area contributed by atoms with Crippen molar-refractivity contribution >= 4 is 17.4 Å². The highest BCUT2D eigenvalue weighted by Crippen LogP contribution is 2.06. The van der Waals surface area contributed by atoms with Crippen molar-refractivity contribution in [2.24, 2.45) is 0 Å². The molecule has 0 atom stereocenters. The Morgan fingerprint density at radius 1 is 1.47 bits per heavy atom. The molecule has 0 N–H and O–H groups in total. The predicted octanol–water partition coefficient (Wildman–Crippen LogP) is 1.21. The zero-order valence-corrected chi connectivity index (χ0v) is 8.42. The van der Waals surface area contributed by atoms with Gasteiger partial charge in [0.15, 0.2) is 0 Å². The molecule has 0 amide bonds. The molecule has 2 aromatic rings. The summed E-state index contributed by atoms with van der Waals surface area (Å²) < 4.78 is 1.44. The van der Waals surface area contributed by atoms with Crippen molar-refractivity contribution in [3.63, 3.8) is 0 Å². The van der Waals surface area contributed by atoms with Crippen molar-refractivity contribution in [1.29, 1.82) is 0 Å². The minimum Gasteiger partial charge on any atom is -0.290 e. The first-order valence-electron chi connectivity index (χ1n) is 4.23. The Labute approximate surface area is 90.7 Å². The number of ketones is 1. The number of halogens is 1. The lowest BCUT2D eigenvalue weighted by atomic mass is 10.2. The maximum absolute atomic E-state index is 11.6. The third-order valence-corrected chi connectivity index (χ3v) is 2.01. The van der Waals surface area contributed by atoms with Crippen LogP contribution in [0.4, 0.5) is 0 Å². The molecular weight excluding hydrogens is 216 g/mol. The summed E-state index contributed by atoms with van der Waals surface area (Å²) in [4.78, 5) is 19.3. The van der Waals surface area contributed by atoms with Crippen molar-refractivity contribution in [3.8, 4) is 0 Å². The number of hydrogen-bond acceptors (Lipinski definition) is 4. The quantitative estimate of drug-likeness (QED) is 0.733. The number of carbonyl (C=O) groups excluding carboxylic acids is 1. The second-order valence-corrected chi connectivity index (χ2v) is 3.31. The molecule has 2 aromatic heterocycles. The monoisotopic (exact) mass is 222 g/mol. The number of pyridine rings is 1. The maximum Gasteiger partial charge on any atom is 0.202 e. The van der Waals surface area contributed by atoms with E-state index in [4.69, 9.17) is 11.6 Å². The second-order valence-electron chi connectivity index (χ2n) is 2.88. The first-order valence-corrected chi connectivity index (χ1v) is 4.60. The molecule has 76 valence electrons. The van der Waals surface area contributed by atoms with Gasteiger partial charge in [0.1, 0.15) is 24.9 Å². The topological polar surface area (TPSA) is 60.7 Å². The van der Waals surface area contributed by atoms with Gasteiger partial charge in [-0.25, -0.2) is 9.67 Å². The molecule has 2 heterocycles. The summed E-state index contributed by atoms with van der Waals surface area (Å²) in [7, 11) is 0. The zero-order chi connectivity index (χ0) is 10.7. The van der Waals surface area contributed by atoms with E-state index >= 15 is 0 Å². The summed E-state index contributed by atoms with van der Waals surface area (Å²) >= 11 is 5.66. The summed E-state index contributed by atoms with van der Waals surface area (Å²) in [6.07, 6.45) is 4.30. The van der Waals surface area contributed by atoms with Gasteiger partial charge in [0.25, 0.3) is 0 Å². The highest BCUT2D eigenvalue weighted by molar-refractivity contribution is 6.30. The average Bonchev–Trinajstić information content (AvgIpc) is 2.71. The van der Waals surface area contributed by atoms with E-state index in [1.165, 1.54) is 23.5 Å². The minimum absolute atomic E-state index is 0.128. The van der Waals surface area contributed by atoms with E-state index in [0.717, 1.165) is 0 Å². The van der Waals surface area contributed by atoms with Gasteiger partial charge < -0.3 is 0 Å². The Kier molecular flexibility index (Phi) is 2.73. The highest BCUT2D eigenvalue weighted by atomic mass is 35.5. The third-order valence-electron chi connectivity index (χ3n) is 1.79. The molecule has 0 spiro atoms. The van der Waals surface area contributed by atoms with Crippen LogP contribution in [0, 0.1) is 0 Å². The van der Waals surface area contributed by atoms with Crippen LogP contribution in [-0.2, 0) is 6.54 Å². The lowest BCUT2D eigenvalue weighted by Crippen LogP contribution is -2.12. The number of nitrogens with zero attached hydrogens (tertiary/aromatic N) is 4. The van der Waals surface area contributed by atoms with Crippen LogP contribution in [0.1, 0.15) is 10.5 Å². The van der Waals surface area contributed by atoms with Gasteiger partial charge in [-0.1, -0.05) is 11.6 Å². The fraction of sp³-hybridized carbons (Fsp3) is 0.111. The molecule has 0 aliphatic rings. The molecule has 0 saturated carbocycles. The van der Waals surface area contributed by atoms with Gasteiger partial charge >= 0.3 is 0 Å². The normalized spacial score (nSPS) is 10.2. The third kappa shape index (κ3) is 2.38. The molecule has 5 nitrogen and oxygen atoms in total. The lowest BCUT2D eigenvalue weighted by Gasteiger charge is -1.99. The van der Waals surface area contributed by atoms with Crippen LogP contribution >= 0.6 is 11.6 Å². The SMILES string of the molecule is O=C(Cn1cncn1)c1ccc(Cl)cn1. The smallest absolute Gasteiger partial charge is 0.202 e. The van der Waals surface area contributed by atoms with Crippen LogP contribution in [0.3, 0.4) is 0 Å². The first kappa shape index (κ1) is 9.79. The van der Waals surface area contributed by atoms with Gasteiger partial charge in [-0.15, -0.1) is 0 Å². The minimum atomic E-state index is -0.128. The van der Waals surface area contributed by atoms with Gasteiger partial charge in [-0.2, -0.15) is 5.10 Å². The van der Waals surface area contributed by atoms with Gasteiger partial charge in [0, 0.05) is 6.20 Å². The number of Topliss-reactive ketones (excluding diaryl/α,β-unsaturated/α-hetero) is 1. The molecule has 0 saturated heterocycles. The van der Waals surface area contributed by atoms with E-state index in [0.29, 0.717) is 10.7 Å². The second kappa shape index (κ2) is 4.18. The lowest BCUT2D eigenvalue weighted by molar-refractivity contribution is 0.0962. The van der Waals surface area contributed by atoms with Crippen LogP contribution in [0.5, 0.6) is 0 Å². The molecule has 0 aromatic carbocycles. The van der Waals surface area contributed by atoms with E-state index in [1.54, 1.807) is 12.1 Å². The molecule has 0 aliphatic heterocycles. The molecule has 0 fully saturated rings. The fourth-order valence-electron chi connectivity index (χ4n) is 1.08. The Morgan fingerprint density at radius 3 is 2.93 bits per heavy atom. The fourth-order valence-corrected chi connectivity index (χ4v) is 1.20. The van der Waals surface area contributed by atoms with Gasteiger partial charge in [0.2, 0.25) is 5.78 Å². The van der Waals surface area contributed by atoms with Crippen LogP contribution in [0.2, 0.25) is 5.02 Å². The number of rotatable bonds is 3. The Morgan fingerprint density at radius 2 is 2.33 bits per heavy atom. The van der Waals surface area contributed by atoms with E-state index in [9.17, 15) is 4.79 Å². The Hall–Kier alpha value is -1.75.